The van der Waals surface area contributed by atoms with Gasteiger partial charge < -0.3 is 20.4 Å². The van der Waals surface area contributed by atoms with Gasteiger partial charge in [-0.2, -0.15) is 0 Å². The molecule has 1 aliphatic rings. The van der Waals surface area contributed by atoms with Crippen LogP contribution in [-0.4, -0.2) is 30.4 Å². The summed E-state index contributed by atoms with van der Waals surface area (Å²) in [6.07, 6.45) is 3.60. The van der Waals surface area contributed by atoms with E-state index in [1.54, 1.807) is 0 Å². The average Bonchev–Trinajstić information content (AvgIpc) is 2.48. The highest BCUT2D eigenvalue weighted by Gasteiger charge is 2.14. The monoisotopic (exact) mass is 264 g/mol. The molecule has 0 bridgehead atoms. The van der Waals surface area contributed by atoms with Crippen LogP contribution < -0.4 is 5.73 Å². The lowest BCUT2D eigenvalue weighted by Gasteiger charge is -2.22. The van der Waals surface area contributed by atoms with E-state index in [4.69, 9.17) is 20.4 Å². The number of nitrogens with two attached hydrogens (primary N) is 1. The van der Waals surface area contributed by atoms with Gasteiger partial charge in [-0.25, -0.2) is 0 Å². The summed E-state index contributed by atoms with van der Waals surface area (Å²) >= 11 is 0. The van der Waals surface area contributed by atoms with Crippen LogP contribution >= 0.6 is 0 Å². The molecule has 1 atom stereocenters. The van der Waals surface area contributed by atoms with Crippen molar-refractivity contribution in [1.82, 2.24) is 0 Å². The molecule has 0 amide bonds. The topological polar surface area (TPSA) is 77.1 Å². The van der Waals surface area contributed by atoms with Gasteiger partial charge in [0.1, 0.15) is 0 Å². The number of hydrogen-bond acceptors (Lipinski definition) is 4. The third-order valence-electron chi connectivity index (χ3n) is 3.24. The zero-order chi connectivity index (χ0) is 13.5. The van der Waals surface area contributed by atoms with E-state index in [1.165, 1.54) is 6.42 Å². The molecular formula is C14H20N2O3. The third kappa shape index (κ3) is 3.94. The molecule has 0 spiro atoms. The van der Waals surface area contributed by atoms with Crippen LogP contribution in [-0.2, 0) is 16.1 Å². The van der Waals surface area contributed by atoms with Gasteiger partial charge in [-0.1, -0.05) is 29.4 Å². The number of rotatable bonds is 5. The smallest absolute Gasteiger partial charge is 0.170 e. The van der Waals surface area contributed by atoms with Crippen molar-refractivity contribution in [3.8, 4) is 0 Å². The molecular weight excluding hydrogens is 244 g/mol. The Labute approximate surface area is 113 Å². The van der Waals surface area contributed by atoms with Crippen molar-refractivity contribution >= 4 is 5.84 Å². The van der Waals surface area contributed by atoms with Gasteiger partial charge in [0.15, 0.2) is 5.84 Å². The molecule has 3 N–H and O–H groups in total. The minimum atomic E-state index is 0.105. The van der Waals surface area contributed by atoms with Gasteiger partial charge in [0.2, 0.25) is 0 Å². The second-order valence-corrected chi connectivity index (χ2v) is 4.65. The lowest BCUT2D eigenvalue weighted by molar-refractivity contribution is -0.0447. The highest BCUT2D eigenvalue weighted by Crippen LogP contribution is 2.15. The second kappa shape index (κ2) is 7.11. The lowest BCUT2D eigenvalue weighted by atomic mass is 10.1. The summed E-state index contributed by atoms with van der Waals surface area (Å²) in [7, 11) is 0. The standard InChI is InChI=1S/C14H20N2O3/c15-14(16-17)13-7-2-1-5-11(13)9-18-10-12-6-3-4-8-19-12/h1-2,5,7,12,17H,3-4,6,8-10H2,(H2,15,16). The van der Waals surface area contributed by atoms with Crippen molar-refractivity contribution in [2.24, 2.45) is 10.9 Å². The predicted octanol–water partition coefficient (Wildman–Crippen LogP) is 1.87. The fourth-order valence-electron chi connectivity index (χ4n) is 2.19. The van der Waals surface area contributed by atoms with E-state index in [0.717, 1.165) is 25.0 Å². The molecule has 104 valence electrons. The summed E-state index contributed by atoms with van der Waals surface area (Å²) in [5.74, 6) is 0.105. The molecule has 0 aromatic heterocycles. The summed E-state index contributed by atoms with van der Waals surface area (Å²) in [6, 6.07) is 7.48. The van der Waals surface area contributed by atoms with E-state index in [-0.39, 0.29) is 11.9 Å². The van der Waals surface area contributed by atoms with Crippen molar-refractivity contribution in [3.63, 3.8) is 0 Å². The van der Waals surface area contributed by atoms with Crippen LogP contribution in [0.4, 0.5) is 0 Å². The summed E-state index contributed by atoms with van der Waals surface area (Å²) < 4.78 is 11.3. The first-order chi connectivity index (χ1) is 9.31. The van der Waals surface area contributed by atoms with Crippen molar-refractivity contribution in [1.29, 1.82) is 0 Å². The Morgan fingerprint density at radius 2 is 2.26 bits per heavy atom. The molecule has 5 heteroatoms. The van der Waals surface area contributed by atoms with Gasteiger partial charge in [-0.15, -0.1) is 0 Å². The van der Waals surface area contributed by atoms with Crippen LogP contribution in [0.1, 0.15) is 30.4 Å². The van der Waals surface area contributed by atoms with Crippen LogP contribution in [0.25, 0.3) is 0 Å². The van der Waals surface area contributed by atoms with E-state index in [1.807, 2.05) is 24.3 Å². The number of hydrogen-bond donors (Lipinski definition) is 2. The molecule has 1 fully saturated rings. The molecule has 0 saturated carbocycles. The maximum Gasteiger partial charge on any atom is 0.170 e. The largest absolute Gasteiger partial charge is 0.409 e. The van der Waals surface area contributed by atoms with Gasteiger partial charge in [-0.05, 0) is 24.8 Å². The average molecular weight is 264 g/mol. The Kier molecular flexibility index (Phi) is 5.18. The van der Waals surface area contributed by atoms with Crippen molar-refractivity contribution in [2.45, 2.75) is 32.0 Å². The molecule has 2 rings (SSSR count). The SMILES string of the molecule is N/C(=N\O)c1ccccc1COCC1CCCCO1. The van der Waals surface area contributed by atoms with E-state index < -0.39 is 0 Å². The summed E-state index contributed by atoms with van der Waals surface area (Å²) in [5, 5.41) is 11.8. The molecule has 19 heavy (non-hydrogen) atoms. The van der Waals surface area contributed by atoms with Crippen LogP contribution in [0.15, 0.2) is 29.4 Å². The summed E-state index contributed by atoms with van der Waals surface area (Å²) in [5.41, 5.74) is 7.24. The molecule has 0 radical (unpaired) electrons. The number of benzene rings is 1. The molecule has 1 unspecified atom stereocenters. The Balaban J connectivity index is 1.88. The predicted molar refractivity (Wildman–Crippen MR) is 72.2 cm³/mol. The first kappa shape index (κ1) is 13.8. The highest BCUT2D eigenvalue weighted by molar-refractivity contribution is 5.98. The summed E-state index contributed by atoms with van der Waals surface area (Å²) in [4.78, 5) is 0. The molecule has 0 aliphatic carbocycles. The van der Waals surface area contributed by atoms with Gasteiger partial charge in [-0.3, -0.25) is 0 Å². The van der Waals surface area contributed by atoms with Crippen molar-refractivity contribution in [3.05, 3.63) is 35.4 Å². The minimum absolute atomic E-state index is 0.105. The van der Waals surface area contributed by atoms with E-state index in [0.29, 0.717) is 18.8 Å². The van der Waals surface area contributed by atoms with Gasteiger partial charge in [0.05, 0.1) is 19.3 Å². The van der Waals surface area contributed by atoms with E-state index >= 15 is 0 Å². The molecule has 1 aliphatic heterocycles. The second-order valence-electron chi connectivity index (χ2n) is 4.65. The van der Waals surface area contributed by atoms with Crippen molar-refractivity contribution in [2.75, 3.05) is 13.2 Å². The zero-order valence-electron chi connectivity index (χ0n) is 10.9. The fraction of sp³-hybridized carbons (Fsp3) is 0.500. The normalized spacial score (nSPS) is 20.4. The van der Waals surface area contributed by atoms with Crippen LogP contribution in [0.3, 0.4) is 0 Å². The van der Waals surface area contributed by atoms with Gasteiger partial charge in [0, 0.05) is 12.2 Å². The summed E-state index contributed by atoms with van der Waals surface area (Å²) in [6.45, 7) is 1.85. The Hall–Kier alpha value is -1.59. The van der Waals surface area contributed by atoms with E-state index in [9.17, 15) is 0 Å². The van der Waals surface area contributed by atoms with Gasteiger partial charge >= 0.3 is 0 Å². The Morgan fingerprint density at radius 3 is 3.00 bits per heavy atom. The first-order valence-electron chi connectivity index (χ1n) is 6.56. The molecule has 1 heterocycles. The molecule has 5 nitrogen and oxygen atoms in total. The third-order valence-corrected chi connectivity index (χ3v) is 3.24. The Bertz CT molecular complexity index is 428. The number of amidine groups is 1. The fourth-order valence-corrected chi connectivity index (χ4v) is 2.19. The first-order valence-corrected chi connectivity index (χ1v) is 6.56. The van der Waals surface area contributed by atoms with Crippen LogP contribution in [0.5, 0.6) is 0 Å². The zero-order valence-corrected chi connectivity index (χ0v) is 10.9. The van der Waals surface area contributed by atoms with Crippen molar-refractivity contribution < 1.29 is 14.7 Å². The number of nitrogens with zero attached hydrogens (tertiary/aromatic N) is 1. The highest BCUT2D eigenvalue weighted by atomic mass is 16.5. The van der Waals surface area contributed by atoms with Crippen LogP contribution in [0, 0.1) is 0 Å². The quantitative estimate of drug-likeness (QED) is 0.368. The minimum Gasteiger partial charge on any atom is -0.409 e. The number of oxime groups is 1. The van der Waals surface area contributed by atoms with Crippen LogP contribution in [0.2, 0.25) is 0 Å². The number of ether oxygens (including phenoxy) is 2. The molecule has 1 saturated heterocycles. The Morgan fingerprint density at radius 1 is 1.42 bits per heavy atom. The maximum absolute atomic E-state index is 8.74. The molecule has 1 aromatic carbocycles. The maximum atomic E-state index is 8.74. The lowest BCUT2D eigenvalue weighted by Crippen LogP contribution is -2.24. The van der Waals surface area contributed by atoms with Gasteiger partial charge in [0.25, 0.3) is 0 Å². The molecule has 1 aromatic rings. The van der Waals surface area contributed by atoms with E-state index in [2.05, 4.69) is 5.16 Å².